The van der Waals surface area contributed by atoms with Gasteiger partial charge in [-0.1, -0.05) is 50.2 Å². The highest BCUT2D eigenvalue weighted by Crippen LogP contribution is 2.25. The first-order chi connectivity index (χ1) is 9.58. The molecule has 20 heavy (non-hydrogen) atoms. The van der Waals surface area contributed by atoms with Crippen molar-refractivity contribution in [3.05, 3.63) is 42.5 Å². The van der Waals surface area contributed by atoms with Crippen LogP contribution < -0.4 is 10.1 Å². The fourth-order valence-electron chi connectivity index (χ4n) is 1.99. The van der Waals surface area contributed by atoms with Crippen LogP contribution in [0.5, 0.6) is 5.75 Å². The van der Waals surface area contributed by atoms with Crippen LogP contribution in [0.3, 0.4) is 0 Å². The van der Waals surface area contributed by atoms with Crippen LogP contribution in [0, 0.1) is 5.92 Å². The Labute approximate surface area is 119 Å². The predicted octanol–water partition coefficient (Wildman–Crippen LogP) is 3.38. The van der Waals surface area contributed by atoms with Crippen LogP contribution in [0.2, 0.25) is 0 Å². The third kappa shape index (κ3) is 3.50. The first-order valence-electron chi connectivity index (χ1n) is 7.00. The lowest BCUT2D eigenvalue weighted by Crippen LogP contribution is -2.38. The number of carbonyl (C=O) groups excluding carboxylic acids is 1. The van der Waals surface area contributed by atoms with E-state index >= 15 is 0 Å². The summed E-state index contributed by atoms with van der Waals surface area (Å²) in [7, 11) is 0. The van der Waals surface area contributed by atoms with Crippen molar-refractivity contribution in [3.8, 4) is 5.75 Å². The molecule has 2 rings (SSSR count). The summed E-state index contributed by atoms with van der Waals surface area (Å²) in [6, 6.07) is 13.9. The molecule has 0 radical (unpaired) electrons. The number of amides is 1. The van der Waals surface area contributed by atoms with Gasteiger partial charge >= 0.3 is 0 Å². The van der Waals surface area contributed by atoms with Gasteiger partial charge in [-0.25, -0.2) is 0 Å². The van der Waals surface area contributed by atoms with Crippen molar-refractivity contribution >= 4 is 16.7 Å². The van der Waals surface area contributed by atoms with Gasteiger partial charge in [0.05, 0.1) is 0 Å². The second kappa shape index (κ2) is 6.42. The Morgan fingerprint density at radius 3 is 2.55 bits per heavy atom. The van der Waals surface area contributed by atoms with Crippen molar-refractivity contribution in [1.29, 1.82) is 0 Å². The Bertz CT molecular complexity index is 587. The van der Waals surface area contributed by atoms with Gasteiger partial charge in [0.1, 0.15) is 5.75 Å². The molecule has 106 valence electrons. The topological polar surface area (TPSA) is 38.3 Å². The highest BCUT2D eigenvalue weighted by molar-refractivity contribution is 5.89. The minimum atomic E-state index is -0.500. The van der Waals surface area contributed by atoms with Crippen molar-refractivity contribution in [1.82, 2.24) is 5.32 Å². The molecular weight excluding hydrogens is 250 g/mol. The third-order valence-corrected chi connectivity index (χ3v) is 3.11. The second-order valence-electron chi connectivity index (χ2n) is 5.38. The minimum Gasteiger partial charge on any atom is -0.480 e. The van der Waals surface area contributed by atoms with E-state index in [1.165, 1.54) is 0 Å². The number of ether oxygens (including phenoxy) is 1. The van der Waals surface area contributed by atoms with Gasteiger partial charge < -0.3 is 10.1 Å². The van der Waals surface area contributed by atoms with Crippen LogP contribution in [0.4, 0.5) is 0 Å². The zero-order chi connectivity index (χ0) is 14.5. The average Bonchev–Trinajstić information content (AvgIpc) is 2.45. The molecule has 0 saturated heterocycles. The lowest BCUT2D eigenvalue weighted by atomic mass is 10.1. The van der Waals surface area contributed by atoms with Gasteiger partial charge in [0.2, 0.25) is 0 Å². The highest BCUT2D eigenvalue weighted by atomic mass is 16.5. The van der Waals surface area contributed by atoms with E-state index in [0.717, 1.165) is 16.5 Å². The molecule has 2 aromatic rings. The fraction of sp³-hybridized carbons (Fsp3) is 0.353. The standard InChI is InChI=1S/C17H21NO2/c1-12(2)11-18-17(19)13(3)20-16-10-6-8-14-7-4-5-9-15(14)16/h4-10,12-13H,11H2,1-3H3,(H,18,19). The third-order valence-electron chi connectivity index (χ3n) is 3.11. The molecule has 2 aromatic carbocycles. The first kappa shape index (κ1) is 14.4. The Hall–Kier alpha value is -2.03. The summed E-state index contributed by atoms with van der Waals surface area (Å²) < 4.78 is 5.81. The normalized spacial score (nSPS) is 12.4. The molecule has 0 heterocycles. The van der Waals surface area contributed by atoms with E-state index in [9.17, 15) is 4.79 Å². The van der Waals surface area contributed by atoms with Gasteiger partial charge in [-0.15, -0.1) is 0 Å². The van der Waals surface area contributed by atoms with Crippen LogP contribution in [0.25, 0.3) is 10.8 Å². The average molecular weight is 271 g/mol. The molecule has 1 amide bonds. The van der Waals surface area contributed by atoms with Gasteiger partial charge in [-0.3, -0.25) is 4.79 Å². The molecule has 0 aromatic heterocycles. The monoisotopic (exact) mass is 271 g/mol. The predicted molar refractivity (Wildman–Crippen MR) is 81.9 cm³/mol. The molecule has 1 atom stereocenters. The molecule has 0 aliphatic carbocycles. The fourth-order valence-corrected chi connectivity index (χ4v) is 1.99. The number of carbonyl (C=O) groups is 1. The number of hydrogen-bond donors (Lipinski definition) is 1. The molecule has 0 aliphatic heterocycles. The number of nitrogens with one attached hydrogen (secondary N) is 1. The van der Waals surface area contributed by atoms with E-state index in [-0.39, 0.29) is 5.91 Å². The molecule has 0 spiro atoms. The Morgan fingerprint density at radius 1 is 1.10 bits per heavy atom. The van der Waals surface area contributed by atoms with E-state index in [1.54, 1.807) is 6.92 Å². The molecule has 0 saturated carbocycles. The van der Waals surface area contributed by atoms with E-state index in [2.05, 4.69) is 19.2 Å². The van der Waals surface area contributed by atoms with Crippen molar-refractivity contribution < 1.29 is 9.53 Å². The van der Waals surface area contributed by atoms with Crippen molar-refractivity contribution in [2.75, 3.05) is 6.54 Å². The quantitative estimate of drug-likeness (QED) is 0.905. The summed E-state index contributed by atoms with van der Waals surface area (Å²) in [5.74, 6) is 1.10. The van der Waals surface area contributed by atoms with Crippen LogP contribution in [-0.2, 0) is 4.79 Å². The second-order valence-corrected chi connectivity index (χ2v) is 5.38. The maximum absolute atomic E-state index is 12.0. The maximum Gasteiger partial charge on any atom is 0.260 e. The Kier molecular flexibility index (Phi) is 4.61. The maximum atomic E-state index is 12.0. The molecule has 1 N–H and O–H groups in total. The van der Waals surface area contributed by atoms with Gasteiger partial charge in [-0.2, -0.15) is 0 Å². The summed E-state index contributed by atoms with van der Waals surface area (Å²) in [6.45, 7) is 6.58. The Morgan fingerprint density at radius 2 is 1.80 bits per heavy atom. The van der Waals surface area contributed by atoms with Crippen LogP contribution in [0.1, 0.15) is 20.8 Å². The summed E-state index contributed by atoms with van der Waals surface area (Å²) in [5, 5.41) is 5.02. The zero-order valence-electron chi connectivity index (χ0n) is 12.2. The summed E-state index contributed by atoms with van der Waals surface area (Å²) in [4.78, 5) is 12.0. The van der Waals surface area contributed by atoms with E-state index in [0.29, 0.717) is 12.5 Å². The number of benzene rings is 2. The van der Waals surface area contributed by atoms with Gasteiger partial charge in [0, 0.05) is 11.9 Å². The summed E-state index contributed by atoms with van der Waals surface area (Å²) >= 11 is 0. The smallest absolute Gasteiger partial charge is 0.260 e. The molecule has 1 unspecified atom stereocenters. The molecular formula is C17H21NO2. The lowest BCUT2D eigenvalue weighted by Gasteiger charge is -2.17. The van der Waals surface area contributed by atoms with Gasteiger partial charge in [-0.05, 0) is 24.3 Å². The van der Waals surface area contributed by atoms with Crippen molar-refractivity contribution in [2.24, 2.45) is 5.92 Å². The minimum absolute atomic E-state index is 0.0772. The summed E-state index contributed by atoms with van der Waals surface area (Å²) in [6.07, 6.45) is -0.500. The van der Waals surface area contributed by atoms with E-state index < -0.39 is 6.10 Å². The molecule has 0 fully saturated rings. The van der Waals surface area contributed by atoms with E-state index in [4.69, 9.17) is 4.74 Å². The van der Waals surface area contributed by atoms with Crippen molar-refractivity contribution in [3.63, 3.8) is 0 Å². The highest BCUT2D eigenvalue weighted by Gasteiger charge is 2.15. The number of hydrogen-bond acceptors (Lipinski definition) is 2. The largest absolute Gasteiger partial charge is 0.480 e. The SMILES string of the molecule is CC(C)CNC(=O)C(C)Oc1cccc2ccccc12. The van der Waals surface area contributed by atoms with Crippen molar-refractivity contribution in [2.45, 2.75) is 26.9 Å². The molecule has 0 bridgehead atoms. The van der Waals surface area contributed by atoms with Gasteiger partial charge in [0.25, 0.3) is 5.91 Å². The van der Waals surface area contributed by atoms with E-state index in [1.807, 2.05) is 42.5 Å². The number of fused-ring (bicyclic) bond motifs is 1. The first-order valence-corrected chi connectivity index (χ1v) is 7.00. The summed E-state index contributed by atoms with van der Waals surface area (Å²) in [5.41, 5.74) is 0. The Balaban J connectivity index is 2.10. The molecule has 0 aliphatic rings. The van der Waals surface area contributed by atoms with Gasteiger partial charge in [0.15, 0.2) is 6.10 Å². The lowest BCUT2D eigenvalue weighted by molar-refractivity contribution is -0.127. The van der Waals surface area contributed by atoms with Crippen LogP contribution >= 0.6 is 0 Å². The van der Waals surface area contributed by atoms with Crippen LogP contribution in [0.15, 0.2) is 42.5 Å². The zero-order valence-corrected chi connectivity index (χ0v) is 12.2. The molecule has 3 heteroatoms. The van der Waals surface area contributed by atoms with Crippen LogP contribution in [-0.4, -0.2) is 18.6 Å². The number of rotatable bonds is 5. The molecule has 3 nitrogen and oxygen atoms in total.